The molecule has 0 aliphatic carbocycles. The van der Waals surface area contributed by atoms with Crippen LogP contribution in [-0.2, 0) is 23.9 Å². The van der Waals surface area contributed by atoms with Crippen LogP contribution >= 0.6 is 0 Å². The van der Waals surface area contributed by atoms with Crippen molar-refractivity contribution in [3.05, 3.63) is 62.5 Å². The number of aromatic hydroxyl groups is 1. The molecule has 0 radical (unpaired) electrons. The van der Waals surface area contributed by atoms with E-state index >= 15 is 0 Å². The summed E-state index contributed by atoms with van der Waals surface area (Å²) in [5.41, 5.74) is 1.14. The number of hydrogen-bond donors (Lipinski definition) is 2. The lowest BCUT2D eigenvalue weighted by atomic mass is 9.98. The number of alkyl halides is 3. The number of aryl methyl sites for hydroxylation is 3. The van der Waals surface area contributed by atoms with Crippen LogP contribution in [0.4, 0.5) is 13.2 Å². The Bertz CT molecular complexity index is 1380. The number of hydrogen-bond acceptors (Lipinski definition) is 5. The highest BCUT2D eigenvalue weighted by atomic mass is 19.4. The van der Waals surface area contributed by atoms with Gasteiger partial charge in [-0.3, -0.25) is 4.79 Å². The molecule has 0 amide bonds. The molecule has 6 nitrogen and oxygen atoms in total. The Labute approximate surface area is 232 Å². The number of benzene rings is 2. The van der Waals surface area contributed by atoms with Crippen molar-refractivity contribution in [2.24, 2.45) is 0 Å². The number of rotatable bonds is 9. The second-order valence-electron chi connectivity index (χ2n) is 11.2. The minimum absolute atomic E-state index is 0.0283. The van der Waals surface area contributed by atoms with Crippen molar-refractivity contribution in [3.63, 3.8) is 0 Å². The predicted octanol–water partition coefficient (Wildman–Crippen LogP) is 6.24. The van der Waals surface area contributed by atoms with Crippen LogP contribution in [0.1, 0.15) is 74.5 Å². The SMILES string of the molecule is CCCCCCc1cc2c(=O)c(Oc3cc(C)cc(C)c3)c(C(F)(F)F)oc2c(C[NH+]2C[C@H](C)O[C@@H](C)C2)c1O. The first-order valence-corrected chi connectivity index (χ1v) is 14.0. The third-order valence-corrected chi connectivity index (χ3v) is 7.30. The maximum Gasteiger partial charge on any atom is 0.453 e. The van der Waals surface area contributed by atoms with E-state index in [4.69, 9.17) is 13.9 Å². The summed E-state index contributed by atoms with van der Waals surface area (Å²) in [6, 6.07) is 6.47. The molecule has 1 aliphatic heterocycles. The zero-order chi connectivity index (χ0) is 29.2. The minimum Gasteiger partial charge on any atom is -0.507 e. The van der Waals surface area contributed by atoms with E-state index in [-0.39, 0.29) is 46.8 Å². The van der Waals surface area contributed by atoms with E-state index in [9.17, 15) is 23.1 Å². The van der Waals surface area contributed by atoms with Crippen molar-refractivity contribution in [3.8, 4) is 17.2 Å². The smallest absolute Gasteiger partial charge is 0.453 e. The summed E-state index contributed by atoms with van der Waals surface area (Å²) >= 11 is 0. The quantitative estimate of drug-likeness (QED) is 0.302. The van der Waals surface area contributed by atoms with E-state index in [1.807, 2.05) is 19.9 Å². The highest BCUT2D eigenvalue weighted by Gasteiger charge is 2.41. The van der Waals surface area contributed by atoms with E-state index in [2.05, 4.69) is 6.92 Å². The summed E-state index contributed by atoms with van der Waals surface area (Å²) in [6.45, 7) is 11.0. The molecule has 9 heteroatoms. The van der Waals surface area contributed by atoms with Crippen molar-refractivity contribution < 1.29 is 37.1 Å². The molecule has 1 saturated heterocycles. The van der Waals surface area contributed by atoms with Gasteiger partial charge in [0.25, 0.3) is 5.76 Å². The number of quaternary nitrogens is 1. The molecule has 2 N–H and O–H groups in total. The summed E-state index contributed by atoms with van der Waals surface area (Å²) in [4.78, 5) is 14.8. The van der Waals surface area contributed by atoms with E-state index in [0.717, 1.165) is 41.7 Å². The number of nitrogens with one attached hydrogen (secondary N) is 1. The van der Waals surface area contributed by atoms with Gasteiger partial charge in [0, 0.05) is 0 Å². The molecular weight excluding hydrogens is 523 g/mol. The van der Waals surface area contributed by atoms with E-state index in [0.29, 0.717) is 25.1 Å². The first-order valence-electron chi connectivity index (χ1n) is 14.0. The first kappa shape index (κ1) is 29.9. The summed E-state index contributed by atoms with van der Waals surface area (Å²) < 4.78 is 60.0. The van der Waals surface area contributed by atoms with Crippen molar-refractivity contribution in [2.45, 2.75) is 91.7 Å². The zero-order valence-electron chi connectivity index (χ0n) is 23.8. The number of halogens is 3. The Kier molecular flexibility index (Phi) is 9.15. The maximum absolute atomic E-state index is 14.3. The molecule has 1 fully saturated rings. The molecule has 4 rings (SSSR count). The molecule has 0 saturated carbocycles. The maximum atomic E-state index is 14.3. The van der Waals surface area contributed by atoms with E-state index in [1.54, 1.807) is 26.0 Å². The van der Waals surface area contributed by atoms with Gasteiger partial charge in [-0.25, -0.2) is 0 Å². The van der Waals surface area contributed by atoms with E-state index < -0.39 is 23.1 Å². The summed E-state index contributed by atoms with van der Waals surface area (Å²) in [7, 11) is 0. The van der Waals surface area contributed by atoms with Crippen molar-refractivity contribution in [2.75, 3.05) is 13.1 Å². The van der Waals surface area contributed by atoms with Crippen LogP contribution in [0, 0.1) is 13.8 Å². The molecule has 0 bridgehead atoms. The molecular formula is C31H39F3NO5+. The van der Waals surface area contributed by atoms with Crippen LogP contribution in [0.3, 0.4) is 0 Å². The molecule has 1 aromatic heterocycles. The van der Waals surface area contributed by atoms with Gasteiger partial charge in [-0.05, 0) is 75.4 Å². The van der Waals surface area contributed by atoms with Crippen LogP contribution in [0.25, 0.3) is 11.0 Å². The van der Waals surface area contributed by atoms with Crippen LogP contribution < -0.4 is 15.1 Å². The predicted molar refractivity (Wildman–Crippen MR) is 147 cm³/mol. The standard InChI is InChI=1S/C31H38F3NO5/c1-6-7-8-9-10-22-14-24-27(37)29(39-23-12-18(2)11-19(3)13-23)30(31(32,33)34)40-28(24)25(26(22)36)17-35-15-20(4)38-21(5)16-35/h11-14,20-21,36H,6-10,15-17H2,1-5H3/p+1/t20-,21-/m0/s1. The van der Waals surface area contributed by atoms with Crippen molar-refractivity contribution in [1.29, 1.82) is 0 Å². The fourth-order valence-electron chi connectivity index (χ4n) is 5.70. The second kappa shape index (κ2) is 12.2. The largest absolute Gasteiger partial charge is 0.507 e. The van der Waals surface area contributed by atoms with Gasteiger partial charge in [-0.1, -0.05) is 32.3 Å². The van der Waals surface area contributed by atoms with Crippen LogP contribution in [-0.4, -0.2) is 30.4 Å². The number of ether oxygens (including phenoxy) is 2. The third kappa shape index (κ3) is 6.81. The topological polar surface area (TPSA) is 73.3 Å². The van der Waals surface area contributed by atoms with Gasteiger partial charge in [0.15, 0.2) is 5.58 Å². The van der Waals surface area contributed by atoms with Crippen molar-refractivity contribution >= 4 is 11.0 Å². The number of morpholine rings is 1. The van der Waals surface area contributed by atoms with Gasteiger partial charge < -0.3 is 23.9 Å². The van der Waals surface area contributed by atoms with Crippen molar-refractivity contribution in [1.82, 2.24) is 0 Å². The monoisotopic (exact) mass is 562 g/mol. The fourth-order valence-corrected chi connectivity index (χ4v) is 5.70. The first-order chi connectivity index (χ1) is 18.9. The number of phenolic OH excluding ortho intramolecular Hbond substituents is 1. The number of unbranched alkanes of at least 4 members (excludes halogenated alkanes) is 3. The van der Waals surface area contributed by atoms with Gasteiger partial charge in [-0.2, -0.15) is 13.2 Å². The van der Waals surface area contributed by atoms with Crippen LogP contribution in [0.15, 0.2) is 33.5 Å². The minimum atomic E-state index is -5.00. The van der Waals surface area contributed by atoms with Gasteiger partial charge in [-0.15, -0.1) is 0 Å². The number of phenols is 1. The average Bonchev–Trinajstić information content (AvgIpc) is 2.84. The molecule has 2 atom stereocenters. The Morgan fingerprint density at radius 3 is 2.27 bits per heavy atom. The van der Waals surface area contributed by atoms with Gasteiger partial charge in [0.05, 0.1) is 10.9 Å². The summed E-state index contributed by atoms with van der Waals surface area (Å²) in [5, 5.41) is 11.3. The Morgan fingerprint density at radius 2 is 1.68 bits per heavy atom. The molecule has 2 heterocycles. The Morgan fingerprint density at radius 1 is 1.02 bits per heavy atom. The third-order valence-electron chi connectivity index (χ3n) is 7.30. The lowest BCUT2D eigenvalue weighted by molar-refractivity contribution is -0.928. The number of fused-ring (bicyclic) bond motifs is 1. The molecule has 40 heavy (non-hydrogen) atoms. The zero-order valence-corrected chi connectivity index (χ0v) is 23.8. The molecule has 3 aromatic rings. The van der Waals surface area contributed by atoms with Gasteiger partial charge >= 0.3 is 6.18 Å². The lowest BCUT2D eigenvalue weighted by Crippen LogP contribution is -3.14. The molecule has 2 aromatic carbocycles. The van der Waals surface area contributed by atoms with Crippen LogP contribution in [0.5, 0.6) is 17.2 Å². The second-order valence-corrected chi connectivity index (χ2v) is 11.2. The highest BCUT2D eigenvalue weighted by Crippen LogP contribution is 2.41. The van der Waals surface area contributed by atoms with Crippen LogP contribution in [0.2, 0.25) is 0 Å². The van der Waals surface area contributed by atoms with Gasteiger partial charge in [0.1, 0.15) is 43.3 Å². The Hall–Kier alpha value is -3.04. The summed E-state index contributed by atoms with van der Waals surface area (Å²) in [6.07, 6.45) is -0.831. The molecule has 0 unspecified atom stereocenters. The normalized spacial score (nSPS) is 19.8. The average molecular weight is 563 g/mol. The Balaban J connectivity index is 1.90. The molecule has 218 valence electrons. The van der Waals surface area contributed by atoms with Gasteiger partial charge in [0.2, 0.25) is 11.2 Å². The lowest BCUT2D eigenvalue weighted by Gasteiger charge is -2.32. The van der Waals surface area contributed by atoms with E-state index in [1.165, 1.54) is 6.07 Å². The summed E-state index contributed by atoms with van der Waals surface area (Å²) in [5.74, 6) is -2.41. The highest BCUT2D eigenvalue weighted by molar-refractivity contribution is 5.85. The fraction of sp³-hybridized carbons (Fsp3) is 0.516. The molecule has 0 spiro atoms. The molecule has 1 aliphatic rings.